The molecular weight excluding hydrogens is 443 g/mol. The van der Waals surface area contributed by atoms with Crippen molar-refractivity contribution in [2.75, 3.05) is 10.0 Å². The Balaban J connectivity index is 1.46. The first-order valence-electron chi connectivity index (χ1n) is 10.0. The van der Waals surface area contributed by atoms with Gasteiger partial charge in [0, 0.05) is 29.3 Å². The summed E-state index contributed by atoms with van der Waals surface area (Å²) in [5, 5.41) is 2.64. The van der Waals surface area contributed by atoms with E-state index in [1.807, 2.05) is 13.0 Å². The molecule has 3 aromatic carbocycles. The van der Waals surface area contributed by atoms with Crippen LogP contribution in [0.3, 0.4) is 0 Å². The lowest BCUT2D eigenvalue weighted by Crippen LogP contribution is -2.15. The number of aromatic nitrogens is 2. The van der Waals surface area contributed by atoms with Crippen molar-refractivity contribution >= 4 is 27.3 Å². The molecule has 9 heteroatoms. The predicted octanol–water partition coefficient (Wildman–Crippen LogP) is 4.68. The second-order valence-corrected chi connectivity index (χ2v) is 9.19. The molecule has 0 aliphatic rings. The zero-order valence-electron chi connectivity index (χ0n) is 17.9. The first kappa shape index (κ1) is 22.2. The second kappa shape index (κ2) is 8.87. The van der Waals surface area contributed by atoms with Crippen molar-refractivity contribution < 1.29 is 17.6 Å². The van der Waals surface area contributed by atoms with E-state index in [4.69, 9.17) is 0 Å². The lowest BCUT2D eigenvalue weighted by Gasteiger charge is -2.12. The Morgan fingerprint density at radius 2 is 1.70 bits per heavy atom. The summed E-state index contributed by atoms with van der Waals surface area (Å²) in [5.74, 6) is -0.962. The fourth-order valence-electron chi connectivity index (χ4n) is 3.30. The van der Waals surface area contributed by atoms with Gasteiger partial charge in [0.05, 0.1) is 16.9 Å². The number of nitrogens with zero attached hydrogens (tertiary/aromatic N) is 2. The minimum atomic E-state index is -3.77. The third-order valence-corrected chi connectivity index (χ3v) is 6.54. The van der Waals surface area contributed by atoms with Gasteiger partial charge < -0.3 is 9.88 Å². The molecule has 0 bridgehead atoms. The summed E-state index contributed by atoms with van der Waals surface area (Å²) in [7, 11) is -3.77. The van der Waals surface area contributed by atoms with E-state index in [1.165, 1.54) is 47.3 Å². The lowest BCUT2D eigenvalue weighted by atomic mass is 10.2. The van der Waals surface area contributed by atoms with Crippen molar-refractivity contribution in [3.05, 3.63) is 102 Å². The molecule has 168 valence electrons. The van der Waals surface area contributed by atoms with E-state index in [-0.39, 0.29) is 4.90 Å². The molecule has 4 aromatic rings. The molecule has 4 rings (SSSR count). The van der Waals surface area contributed by atoms with Crippen molar-refractivity contribution in [3.8, 4) is 5.69 Å². The van der Waals surface area contributed by atoms with Crippen LogP contribution < -0.4 is 10.0 Å². The minimum Gasteiger partial charge on any atom is -0.322 e. The van der Waals surface area contributed by atoms with Gasteiger partial charge in [0.2, 0.25) is 0 Å². The first-order valence-corrected chi connectivity index (χ1v) is 11.5. The van der Waals surface area contributed by atoms with Crippen LogP contribution in [-0.4, -0.2) is 23.9 Å². The van der Waals surface area contributed by atoms with E-state index in [0.29, 0.717) is 28.2 Å². The smallest absolute Gasteiger partial charge is 0.262 e. The molecule has 0 aliphatic carbocycles. The number of halogens is 1. The molecule has 0 fully saturated rings. The maximum atomic E-state index is 14.4. The SMILES string of the molecule is Cc1ccc(C)c(S(=O)(=O)Nc2ccc(C(=O)Nc3ccc(-n4ccnc4)c(F)c3)cc2)c1. The number of imidazole rings is 1. The van der Waals surface area contributed by atoms with Crippen LogP contribution in [0.2, 0.25) is 0 Å². The van der Waals surface area contributed by atoms with Gasteiger partial charge in [0.15, 0.2) is 0 Å². The molecule has 0 atom stereocenters. The van der Waals surface area contributed by atoms with E-state index < -0.39 is 21.7 Å². The maximum absolute atomic E-state index is 14.4. The molecule has 2 N–H and O–H groups in total. The number of hydrogen-bond acceptors (Lipinski definition) is 4. The van der Waals surface area contributed by atoms with Crippen LogP contribution in [-0.2, 0) is 10.0 Å². The minimum absolute atomic E-state index is 0.200. The third-order valence-electron chi connectivity index (χ3n) is 5.02. The van der Waals surface area contributed by atoms with E-state index in [1.54, 1.807) is 37.5 Å². The summed E-state index contributed by atoms with van der Waals surface area (Å²) in [5.41, 5.74) is 2.69. The number of carbonyl (C=O) groups excluding carboxylic acids is 1. The van der Waals surface area contributed by atoms with Crippen LogP contribution in [0.1, 0.15) is 21.5 Å². The summed E-state index contributed by atoms with van der Waals surface area (Å²) in [4.78, 5) is 16.6. The van der Waals surface area contributed by atoms with Crippen LogP contribution in [0.4, 0.5) is 15.8 Å². The second-order valence-electron chi connectivity index (χ2n) is 7.54. The van der Waals surface area contributed by atoms with Crippen LogP contribution >= 0.6 is 0 Å². The van der Waals surface area contributed by atoms with Crippen molar-refractivity contribution in [2.45, 2.75) is 18.7 Å². The Labute approximate surface area is 191 Å². The number of sulfonamides is 1. The van der Waals surface area contributed by atoms with Gasteiger partial charge in [-0.3, -0.25) is 9.52 Å². The maximum Gasteiger partial charge on any atom is 0.262 e. The van der Waals surface area contributed by atoms with E-state index in [2.05, 4.69) is 15.0 Å². The van der Waals surface area contributed by atoms with Gasteiger partial charge in [0.25, 0.3) is 15.9 Å². The molecule has 0 saturated heterocycles. The standard InChI is InChI=1S/C24H21FN4O3S/c1-16-3-4-17(2)23(13-16)33(31,32)28-19-7-5-18(6-8-19)24(30)27-20-9-10-22(21(25)14-20)29-12-11-26-15-29/h3-15,28H,1-2H3,(H,27,30). The Morgan fingerprint density at radius 1 is 0.970 bits per heavy atom. The van der Waals surface area contributed by atoms with Gasteiger partial charge in [-0.15, -0.1) is 0 Å². The summed E-state index contributed by atoms with van der Waals surface area (Å²) in [6.07, 6.45) is 4.64. The highest BCUT2D eigenvalue weighted by atomic mass is 32.2. The van der Waals surface area contributed by atoms with E-state index >= 15 is 0 Å². The number of benzene rings is 3. The van der Waals surface area contributed by atoms with Gasteiger partial charge in [-0.2, -0.15) is 0 Å². The number of amides is 1. The summed E-state index contributed by atoms with van der Waals surface area (Å²) in [6, 6.07) is 15.5. The van der Waals surface area contributed by atoms with Crippen molar-refractivity contribution in [1.29, 1.82) is 0 Å². The molecule has 0 unspecified atom stereocenters. The van der Waals surface area contributed by atoms with Gasteiger partial charge in [-0.1, -0.05) is 12.1 Å². The summed E-state index contributed by atoms with van der Waals surface area (Å²) >= 11 is 0. The molecule has 0 radical (unpaired) electrons. The highest BCUT2D eigenvalue weighted by molar-refractivity contribution is 7.92. The molecule has 33 heavy (non-hydrogen) atoms. The Bertz CT molecular complexity index is 1420. The van der Waals surface area contributed by atoms with Gasteiger partial charge in [-0.25, -0.2) is 17.8 Å². The molecule has 0 aliphatic heterocycles. The van der Waals surface area contributed by atoms with Crippen molar-refractivity contribution in [3.63, 3.8) is 0 Å². The van der Waals surface area contributed by atoms with Crippen LogP contribution in [0.25, 0.3) is 5.69 Å². The molecule has 1 aromatic heterocycles. The third kappa shape index (κ3) is 4.93. The molecule has 1 amide bonds. The van der Waals surface area contributed by atoms with E-state index in [0.717, 1.165) is 5.56 Å². The van der Waals surface area contributed by atoms with Crippen LogP contribution in [0, 0.1) is 19.7 Å². The van der Waals surface area contributed by atoms with Gasteiger partial charge in [-0.05, 0) is 73.5 Å². The number of carbonyl (C=O) groups is 1. The highest BCUT2D eigenvalue weighted by Crippen LogP contribution is 2.22. The Hall–Kier alpha value is -3.98. The summed E-state index contributed by atoms with van der Waals surface area (Å²) < 4.78 is 44.0. The van der Waals surface area contributed by atoms with Gasteiger partial charge >= 0.3 is 0 Å². The molecule has 7 nitrogen and oxygen atoms in total. The molecule has 0 spiro atoms. The largest absolute Gasteiger partial charge is 0.322 e. The van der Waals surface area contributed by atoms with Crippen molar-refractivity contribution in [2.24, 2.45) is 0 Å². The van der Waals surface area contributed by atoms with Crippen LogP contribution in [0.5, 0.6) is 0 Å². The topological polar surface area (TPSA) is 93.1 Å². The van der Waals surface area contributed by atoms with Crippen LogP contribution in [0.15, 0.2) is 84.3 Å². The Kier molecular flexibility index (Phi) is 5.97. The fourth-order valence-corrected chi connectivity index (χ4v) is 4.68. The fraction of sp³-hybridized carbons (Fsp3) is 0.0833. The lowest BCUT2D eigenvalue weighted by molar-refractivity contribution is 0.102. The number of hydrogen-bond donors (Lipinski definition) is 2. The molecular formula is C24H21FN4O3S. The number of anilines is 2. The monoisotopic (exact) mass is 464 g/mol. The predicted molar refractivity (Wildman–Crippen MR) is 125 cm³/mol. The average Bonchev–Trinajstić information content (AvgIpc) is 3.30. The van der Waals surface area contributed by atoms with Crippen molar-refractivity contribution in [1.82, 2.24) is 9.55 Å². The highest BCUT2D eigenvalue weighted by Gasteiger charge is 2.17. The quantitative estimate of drug-likeness (QED) is 0.433. The van der Waals surface area contributed by atoms with Gasteiger partial charge in [0.1, 0.15) is 5.82 Å². The van der Waals surface area contributed by atoms with E-state index in [9.17, 15) is 17.6 Å². The molecule has 0 saturated carbocycles. The number of aryl methyl sites for hydroxylation is 2. The zero-order valence-corrected chi connectivity index (χ0v) is 18.7. The molecule has 1 heterocycles. The first-order chi connectivity index (χ1) is 15.7. The normalized spacial score (nSPS) is 11.2. The number of nitrogens with one attached hydrogen (secondary N) is 2. The Morgan fingerprint density at radius 3 is 2.36 bits per heavy atom. The zero-order chi connectivity index (χ0) is 23.6. The average molecular weight is 465 g/mol. The summed E-state index contributed by atoms with van der Waals surface area (Å²) in [6.45, 7) is 3.55. The number of rotatable bonds is 6.